The summed E-state index contributed by atoms with van der Waals surface area (Å²) in [5, 5.41) is 12.6. The summed E-state index contributed by atoms with van der Waals surface area (Å²) >= 11 is 0. The van der Waals surface area contributed by atoms with E-state index in [1.54, 1.807) is 0 Å². The van der Waals surface area contributed by atoms with Crippen LogP contribution in [0.3, 0.4) is 0 Å². The number of rotatable bonds is 7. The van der Waals surface area contributed by atoms with Crippen LogP contribution in [-0.2, 0) is 6.54 Å². The van der Waals surface area contributed by atoms with Crippen molar-refractivity contribution in [1.29, 1.82) is 5.41 Å². The van der Waals surface area contributed by atoms with E-state index < -0.39 is 0 Å². The Morgan fingerprint density at radius 2 is 1.06 bits per heavy atom. The Labute approximate surface area is 362 Å². The summed E-state index contributed by atoms with van der Waals surface area (Å²) in [7, 11) is 0. The van der Waals surface area contributed by atoms with Crippen LogP contribution >= 0.6 is 0 Å². The van der Waals surface area contributed by atoms with Gasteiger partial charge >= 0.3 is 0 Å². The van der Waals surface area contributed by atoms with Crippen molar-refractivity contribution >= 4 is 56.7 Å². The van der Waals surface area contributed by atoms with E-state index in [0.717, 1.165) is 60.9 Å². The minimum Gasteiger partial charge on any atom is -0.455 e. The molecule has 298 valence electrons. The molecule has 2 aromatic heterocycles. The summed E-state index contributed by atoms with van der Waals surface area (Å²) in [5.74, 6) is 0. The number of para-hydroxylation sites is 2. The zero-order valence-corrected chi connectivity index (χ0v) is 34.6. The van der Waals surface area contributed by atoms with Crippen molar-refractivity contribution in [2.45, 2.75) is 13.5 Å². The molecule has 0 aliphatic carbocycles. The molecular formula is C58H45N3O. The Bertz CT molecular complexity index is 3280. The van der Waals surface area contributed by atoms with Crippen LogP contribution in [0, 0.1) is 12.3 Å². The van der Waals surface area contributed by atoms with Crippen molar-refractivity contribution in [3.63, 3.8) is 0 Å². The molecule has 0 spiro atoms. The van der Waals surface area contributed by atoms with E-state index >= 15 is 0 Å². The van der Waals surface area contributed by atoms with E-state index in [1.807, 2.05) is 60.7 Å². The first-order chi connectivity index (χ1) is 30.6. The number of aromatic nitrogens is 1. The average Bonchev–Trinajstić information content (AvgIpc) is 3.90. The van der Waals surface area contributed by atoms with Gasteiger partial charge in [0, 0.05) is 50.1 Å². The highest BCUT2D eigenvalue weighted by Gasteiger charge is 2.20. The number of nitrogens with one attached hydrogen (secondary N) is 1. The lowest BCUT2D eigenvalue weighted by molar-refractivity contribution is 0.671. The third-order valence-corrected chi connectivity index (χ3v) is 11.2. The zero-order valence-electron chi connectivity index (χ0n) is 34.6. The van der Waals surface area contributed by atoms with Crippen LogP contribution < -0.4 is 0 Å². The van der Waals surface area contributed by atoms with E-state index in [-0.39, 0.29) is 0 Å². The van der Waals surface area contributed by atoms with Gasteiger partial charge in [0.1, 0.15) is 11.2 Å². The average molecular weight is 800 g/mol. The quantitative estimate of drug-likeness (QED) is 0.160. The molecule has 11 rings (SSSR count). The molecular weight excluding hydrogens is 755 g/mol. The summed E-state index contributed by atoms with van der Waals surface area (Å²) < 4.78 is 8.97. The maximum Gasteiger partial charge on any atom is 0.143 e. The van der Waals surface area contributed by atoms with Gasteiger partial charge in [-0.05, 0) is 83.9 Å². The molecule has 9 aromatic carbocycles. The van der Waals surface area contributed by atoms with Crippen molar-refractivity contribution in [3.05, 3.63) is 235 Å². The number of hydrogen-bond acceptors (Lipinski definition) is 3. The number of aliphatic imine (C=N–C) groups is 1. The summed E-state index contributed by atoms with van der Waals surface area (Å²) in [6.45, 7) is 6.37. The van der Waals surface area contributed by atoms with Crippen LogP contribution in [0.5, 0.6) is 0 Å². The Morgan fingerprint density at radius 1 is 0.500 bits per heavy atom. The molecule has 0 aliphatic heterocycles. The third kappa shape index (κ3) is 7.85. The predicted octanol–water partition coefficient (Wildman–Crippen LogP) is 15.6. The fourth-order valence-corrected chi connectivity index (χ4v) is 8.34. The van der Waals surface area contributed by atoms with E-state index in [0.29, 0.717) is 6.54 Å². The van der Waals surface area contributed by atoms with Crippen molar-refractivity contribution in [2.24, 2.45) is 4.99 Å². The molecule has 1 N–H and O–H groups in total. The van der Waals surface area contributed by atoms with Crippen molar-refractivity contribution in [2.75, 3.05) is 0 Å². The fourth-order valence-electron chi connectivity index (χ4n) is 8.34. The molecule has 0 atom stereocenters. The lowest BCUT2D eigenvalue weighted by Crippen LogP contribution is -1.93. The number of fused-ring (bicyclic) bond motifs is 6. The van der Waals surface area contributed by atoms with Crippen molar-refractivity contribution in [3.8, 4) is 39.1 Å². The Hall–Kier alpha value is -8.08. The van der Waals surface area contributed by atoms with E-state index in [4.69, 9.17) is 9.83 Å². The number of benzene rings is 9. The largest absolute Gasteiger partial charge is 0.455 e. The molecule has 0 unspecified atom stereocenters. The van der Waals surface area contributed by atoms with Crippen LogP contribution in [-0.4, -0.2) is 17.5 Å². The summed E-state index contributed by atoms with van der Waals surface area (Å²) in [6, 6.07) is 75.3. The normalized spacial score (nSPS) is 10.9. The van der Waals surface area contributed by atoms with Crippen LogP contribution in [0.15, 0.2) is 228 Å². The first kappa shape index (κ1) is 39.4. The van der Waals surface area contributed by atoms with Gasteiger partial charge in [0.15, 0.2) is 0 Å². The number of aryl methyl sites for hydroxylation is 1. The van der Waals surface area contributed by atoms with Crippen LogP contribution in [0.4, 0.5) is 0 Å². The Morgan fingerprint density at radius 3 is 1.68 bits per heavy atom. The smallest absolute Gasteiger partial charge is 0.143 e. The van der Waals surface area contributed by atoms with E-state index in [2.05, 4.69) is 181 Å². The van der Waals surface area contributed by atoms with E-state index in [9.17, 15) is 0 Å². The molecule has 4 heteroatoms. The number of furan rings is 1. The second-order valence-corrected chi connectivity index (χ2v) is 15.2. The zero-order chi connectivity index (χ0) is 42.3. The minimum absolute atomic E-state index is 0.639. The van der Waals surface area contributed by atoms with Crippen LogP contribution in [0.1, 0.15) is 16.7 Å². The van der Waals surface area contributed by atoms with Crippen LogP contribution in [0.25, 0.3) is 82.8 Å². The first-order valence-electron chi connectivity index (χ1n) is 20.8. The summed E-state index contributed by atoms with van der Waals surface area (Å²) in [6.07, 6.45) is 1.42. The maximum atomic E-state index is 8.08. The lowest BCUT2D eigenvalue weighted by atomic mass is 9.94. The second-order valence-electron chi connectivity index (χ2n) is 15.2. The van der Waals surface area contributed by atoms with Crippen LogP contribution in [0.2, 0.25) is 0 Å². The third-order valence-electron chi connectivity index (χ3n) is 11.2. The summed E-state index contributed by atoms with van der Waals surface area (Å²) in [5.41, 5.74) is 15.3. The molecule has 4 nitrogen and oxygen atoms in total. The molecule has 0 radical (unpaired) electrons. The molecule has 0 aliphatic rings. The maximum absolute atomic E-state index is 8.08. The molecule has 11 aromatic rings. The second kappa shape index (κ2) is 18.0. The van der Waals surface area contributed by atoms with Gasteiger partial charge in [0.25, 0.3) is 0 Å². The standard InChI is InChI=1S/C31H21NO.C20H16N2.C7H8/c32-20-24-16-17-26(22-12-6-2-7-13-22)31-29(24)28-19-25(21-10-4-1-5-11-21)18-27(30(28)33-31)23-14-8-3-9-15-23;1-21-14-15-8-7-13-19-20(15)17-11-5-6-12-18(17)22(19)16-9-3-2-4-10-16;1-7-5-3-2-4-6-7/h1-20,32H;2-13H,1,14H2;2-6H,1H3. The molecule has 0 bridgehead atoms. The monoisotopic (exact) mass is 799 g/mol. The molecule has 0 amide bonds. The highest BCUT2D eigenvalue weighted by molar-refractivity contribution is 6.19. The Balaban J connectivity index is 0.000000144. The number of hydrogen-bond donors (Lipinski definition) is 1. The highest BCUT2D eigenvalue weighted by atomic mass is 16.3. The lowest BCUT2D eigenvalue weighted by Gasteiger charge is -2.08. The minimum atomic E-state index is 0.639. The molecule has 0 saturated carbocycles. The molecule has 0 fully saturated rings. The summed E-state index contributed by atoms with van der Waals surface area (Å²) in [4.78, 5) is 4.09. The van der Waals surface area contributed by atoms with Gasteiger partial charge in [-0.1, -0.05) is 181 Å². The fraction of sp³-hybridized carbons (Fsp3) is 0.0345. The predicted molar refractivity (Wildman–Crippen MR) is 263 cm³/mol. The first-order valence-corrected chi connectivity index (χ1v) is 20.8. The van der Waals surface area contributed by atoms with Crippen molar-refractivity contribution in [1.82, 2.24) is 4.57 Å². The van der Waals surface area contributed by atoms with Gasteiger partial charge in [-0.15, -0.1) is 0 Å². The van der Waals surface area contributed by atoms with Gasteiger partial charge in [-0.2, -0.15) is 0 Å². The number of nitrogens with zero attached hydrogens (tertiary/aromatic N) is 2. The van der Waals surface area contributed by atoms with Gasteiger partial charge in [-0.3, -0.25) is 4.99 Å². The van der Waals surface area contributed by atoms with Gasteiger partial charge < -0.3 is 14.4 Å². The molecule has 62 heavy (non-hydrogen) atoms. The van der Waals surface area contributed by atoms with Gasteiger partial charge in [0.2, 0.25) is 0 Å². The highest BCUT2D eigenvalue weighted by Crippen LogP contribution is 2.43. The SMILES string of the molecule is C=NCc1cccc2c1c1ccccc1n2-c1ccccc1.Cc1ccccc1.N=Cc1ccc(-c2ccccc2)c2oc3c(-c4ccccc4)cc(-c4ccccc4)cc3c12. The molecule has 2 heterocycles. The van der Waals surface area contributed by atoms with Gasteiger partial charge in [-0.25, -0.2) is 0 Å². The van der Waals surface area contributed by atoms with Crippen molar-refractivity contribution < 1.29 is 4.42 Å². The topological polar surface area (TPSA) is 54.3 Å². The molecule has 0 saturated heterocycles. The Kier molecular flexibility index (Phi) is 11.5. The van der Waals surface area contributed by atoms with Gasteiger partial charge in [0.05, 0.1) is 17.6 Å². The van der Waals surface area contributed by atoms with E-state index in [1.165, 1.54) is 44.8 Å².